The lowest BCUT2D eigenvalue weighted by molar-refractivity contribution is 0.114. The van der Waals surface area contributed by atoms with Crippen LogP contribution in [-0.4, -0.2) is 0 Å². The molecular formula is C33H38F2. The van der Waals surface area contributed by atoms with Crippen LogP contribution in [0.3, 0.4) is 0 Å². The average molecular weight is 473 g/mol. The van der Waals surface area contributed by atoms with Gasteiger partial charge in [0, 0.05) is 5.56 Å². The maximum atomic E-state index is 15.1. The number of benzene rings is 2. The zero-order valence-corrected chi connectivity index (χ0v) is 21.0. The van der Waals surface area contributed by atoms with Crippen LogP contribution < -0.4 is 0 Å². The molecule has 2 aromatic rings. The first-order valence-electron chi connectivity index (χ1n) is 13.4. The molecule has 0 bridgehead atoms. The summed E-state index contributed by atoms with van der Waals surface area (Å²) in [6.07, 6.45) is 17.5. The van der Waals surface area contributed by atoms with Crippen LogP contribution in [0.5, 0.6) is 0 Å². The van der Waals surface area contributed by atoms with E-state index in [0.29, 0.717) is 17.0 Å². The minimum atomic E-state index is -0.316. The molecule has 184 valence electrons. The molecule has 4 rings (SSSR count). The summed E-state index contributed by atoms with van der Waals surface area (Å²) < 4.78 is 29.6. The number of halogens is 2. The SMILES string of the molecule is C=CCCC1CCC2CC(c3ccc(C#Cc4ccc(CC/C=C/C)cc4F)cc3F)CCC2C1. The Labute approximate surface area is 210 Å². The first-order chi connectivity index (χ1) is 17.1. The first kappa shape index (κ1) is 25.4. The van der Waals surface area contributed by atoms with Gasteiger partial charge in [-0.15, -0.1) is 6.58 Å². The third-order valence-corrected chi connectivity index (χ3v) is 8.15. The number of aryl methyl sites for hydroxylation is 1. The number of hydrogen-bond donors (Lipinski definition) is 0. The minimum absolute atomic E-state index is 0.167. The Morgan fingerprint density at radius 1 is 0.914 bits per heavy atom. The highest BCUT2D eigenvalue weighted by molar-refractivity contribution is 5.45. The summed E-state index contributed by atoms with van der Waals surface area (Å²) in [5.41, 5.74) is 2.74. The Morgan fingerprint density at radius 3 is 2.51 bits per heavy atom. The van der Waals surface area contributed by atoms with E-state index in [-0.39, 0.29) is 11.6 Å². The molecule has 2 aromatic carbocycles. The number of rotatable bonds is 7. The molecule has 0 radical (unpaired) electrons. The molecule has 0 N–H and O–H groups in total. The minimum Gasteiger partial charge on any atom is -0.207 e. The largest absolute Gasteiger partial charge is 0.207 e. The molecule has 2 aliphatic carbocycles. The average Bonchev–Trinajstić information content (AvgIpc) is 2.87. The monoisotopic (exact) mass is 472 g/mol. The van der Waals surface area contributed by atoms with E-state index in [9.17, 15) is 4.39 Å². The molecule has 0 amide bonds. The third-order valence-electron chi connectivity index (χ3n) is 8.15. The van der Waals surface area contributed by atoms with Crippen LogP contribution in [-0.2, 0) is 6.42 Å². The zero-order valence-electron chi connectivity index (χ0n) is 21.0. The van der Waals surface area contributed by atoms with E-state index >= 15 is 4.39 Å². The Kier molecular flexibility index (Phi) is 8.97. The smallest absolute Gasteiger partial charge is 0.139 e. The Hall–Kier alpha value is -2.66. The molecule has 4 atom stereocenters. The molecule has 0 aliphatic heterocycles. The van der Waals surface area contributed by atoms with Crippen molar-refractivity contribution in [2.45, 2.75) is 77.0 Å². The molecule has 0 nitrogen and oxygen atoms in total. The Morgan fingerprint density at radius 2 is 1.74 bits per heavy atom. The van der Waals surface area contributed by atoms with Gasteiger partial charge in [0.1, 0.15) is 11.6 Å². The molecule has 2 fully saturated rings. The van der Waals surface area contributed by atoms with Crippen molar-refractivity contribution in [3.8, 4) is 11.8 Å². The topological polar surface area (TPSA) is 0 Å². The van der Waals surface area contributed by atoms with Gasteiger partial charge in [-0.1, -0.05) is 48.6 Å². The number of allylic oxidation sites excluding steroid dienone is 3. The Bertz CT molecular complexity index is 1100. The fourth-order valence-corrected chi connectivity index (χ4v) is 6.19. The lowest BCUT2D eigenvalue weighted by Crippen LogP contribution is -2.30. The van der Waals surface area contributed by atoms with Crippen LogP contribution in [0.4, 0.5) is 8.78 Å². The highest BCUT2D eigenvalue weighted by atomic mass is 19.1. The summed E-state index contributed by atoms with van der Waals surface area (Å²) in [5.74, 6) is 8.07. The standard InChI is InChI=1S/C33H38F2/c1-3-5-7-9-25-10-14-27(32(34)21-25)15-11-26-13-19-31(33(35)22-26)30-18-17-28-20-24(8-6-4-2)12-16-29(28)23-30/h3-5,10,13-14,19,21-22,24,28-30H,2,6-9,12,16-18,20,23H2,1H3/b5-3+. The van der Waals surface area contributed by atoms with Gasteiger partial charge in [0.15, 0.2) is 0 Å². The van der Waals surface area contributed by atoms with Crippen molar-refractivity contribution in [1.82, 2.24) is 0 Å². The van der Waals surface area contributed by atoms with Crippen molar-refractivity contribution in [3.05, 3.63) is 95.1 Å². The van der Waals surface area contributed by atoms with Crippen LogP contribution in [0.15, 0.2) is 61.2 Å². The van der Waals surface area contributed by atoms with Gasteiger partial charge in [-0.25, -0.2) is 8.78 Å². The van der Waals surface area contributed by atoms with Gasteiger partial charge in [0.2, 0.25) is 0 Å². The molecule has 4 unspecified atom stereocenters. The highest BCUT2D eigenvalue weighted by Crippen LogP contribution is 2.48. The second kappa shape index (κ2) is 12.3. The molecule has 2 heteroatoms. The summed E-state index contributed by atoms with van der Waals surface area (Å²) in [4.78, 5) is 0. The quantitative estimate of drug-likeness (QED) is 0.278. The molecule has 2 aliphatic rings. The molecule has 2 saturated carbocycles. The number of hydrogen-bond acceptors (Lipinski definition) is 0. The highest BCUT2D eigenvalue weighted by Gasteiger charge is 2.36. The van der Waals surface area contributed by atoms with Crippen LogP contribution in [0.25, 0.3) is 0 Å². The molecular weight excluding hydrogens is 434 g/mol. The van der Waals surface area contributed by atoms with Gasteiger partial charge < -0.3 is 0 Å². The maximum Gasteiger partial charge on any atom is 0.139 e. The van der Waals surface area contributed by atoms with Crippen molar-refractivity contribution >= 4 is 0 Å². The van der Waals surface area contributed by atoms with Crippen LogP contribution >= 0.6 is 0 Å². The van der Waals surface area contributed by atoms with Crippen LogP contribution in [0, 0.1) is 41.2 Å². The Balaban J connectivity index is 1.38. The van der Waals surface area contributed by atoms with Crippen LogP contribution in [0.1, 0.15) is 92.9 Å². The summed E-state index contributed by atoms with van der Waals surface area (Å²) in [6, 6.07) is 10.5. The summed E-state index contributed by atoms with van der Waals surface area (Å²) in [7, 11) is 0. The van der Waals surface area contributed by atoms with Gasteiger partial charge in [-0.3, -0.25) is 0 Å². The fourth-order valence-electron chi connectivity index (χ4n) is 6.19. The predicted molar refractivity (Wildman–Crippen MR) is 142 cm³/mol. The van der Waals surface area contributed by atoms with Crippen molar-refractivity contribution < 1.29 is 8.78 Å². The molecule has 0 aromatic heterocycles. The van der Waals surface area contributed by atoms with Gasteiger partial charge in [-0.2, -0.15) is 0 Å². The van der Waals surface area contributed by atoms with E-state index < -0.39 is 0 Å². The molecule has 0 saturated heterocycles. The first-order valence-corrected chi connectivity index (χ1v) is 13.4. The van der Waals surface area contributed by atoms with E-state index in [1.54, 1.807) is 12.1 Å². The second-order valence-electron chi connectivity index (χ2n) is 10.5. The van der Waals surface area contributed by atoms with Crippen LogP contribution in [0.2, 0.25) is 0 Å². The van der Waals surface area contributed by atoms with E-state index in [0.717, 1.165) is 61.0 Å². The molecule has 0 heterocycles. The van der Waals surface area contributed by atoms with Gasteiger partial charge >= 0.3 is 0 Å². The normalized spacial score (nSPS) is 24.0. The summed E-state index contributed by atoms with van der Waals surface area (Å²) in [5, 5.41) is 0. The molecule has 0 spiro atoms. The zero-order chi connectivity index (χ0) is 24.6. The summed E-state index contributed by atoms with van der Waals surface area (Å²) >= 11 is 0. The predicted octanol–water partition coefficient (Wildman–Crippen LogP) is 9.14. The third kappa shape index (κ3) is 6.72. The van der Waals surface area contributed by atoms with E-state index in [4.69, 9.17) is 0 Å². The second-order valence-corrected chi connectivity index (χ2v) is 10.5. The van der Waals surface area contributed by atoms with Crippen molar-refractivity contribution in [3.63, 3.8) is 0 Å². The lowest BCUT2D eigenvalue weighted by atomic mass is 9.63. The van der Waals surface area contributed by atoms with Crippen molar-refractivity contribution in [2.24, 2.45) is 17.8 Å². The number of fused-ring (bicyclic) bond motifs is 1. The summed E-state index contributed by atoms with van der Waals surface area (Å²) in [6.45, 7) is 5.85. The maximum absolute atomic E-state index is 15.1. The fraction of sp³-hybridized carbons (Fsp3) is 0.455. The van der Waals surface area contributed by atoms with Gasteiger partial charge in [0.05, 0.1) is 5.56 Å². The van der Waals surface area contributed by atoms with Gasteiger partial charge in [-0.05, 0) is 124 Å². The lowest BCUT2D eigenvalue weighted by Gasteiger charge is -2.42. The van der Waals surface area contributed by atoms with E-state index in [2.05, 4.69) is 24.5 Å². The van der Waals surface area contributed by atoms with Crippen molar-refractivity contribution in [2.75, 3.05) is 0 Å². The molecule has 35 heavy (non-hydrogen) atoms. The van der Waals surface area contributed by atoms with E-state index in [1.165, 1.54) is 38.2 Å². The van der Waals surface area contributed by atoms with Gasteiger partial charge in [0.25, 0.3) is 0 Å². The van der Waals surface area contributed by atoms with E-state index in [1.807, 2.05) is 37.3 Å². The van der Waals surface area contributed by atoms with Crippen molar-refractivity contribution in [1.29, 1.82) is 0 Å².